The van der Waals surface area contributed by atoms with E-state index < -0.39 is 0 Å². The van der Waals surface area contributed by atoms with Gasteiger partial charge in [0, 0.05) is 21.7 Å². The van der Waals surface area contributed by atoms with Gasteiger partial charge in [0.15, 0.2) is 11.5 Å². The van der Waals surface area contributed by atoms with Gasteiger partial charge in [-0.15, -0.1) is 11.3 Å². The van der Waals surface area contributed by atoms with E-state index in [1.54, 1.807) is 44.6 Å². The maximum absolute atomic E-state index is 13.2. The first-order valence-electron chi connectivity index (χ1n) is 9.24. The van der Waals surface area contributed by atoms with Crippen molar-refractivity contribution >= 4 is 44.7 Å². The fourth-order valence-electron chi connectivity index (χ4n) is 3.18. The highest BCUT2D eigenvalue weighted by molar-refractivity contribution is 7.17. The summed E-state index contributed by atoms with van der Waals surface area (Å²) in [7, 11) is 3.12. The number of hydrogen-bond acceptors (Lipinski definition) is 6. The summed E-state index contributed by atoms with van der Waals surface area (Å²) in [6.07, 6.45) is 1.39. The quantitative estimate of drug-likeness (QED) is 0.465. The first-order valence-corrected chi connectivity index (χ1v) is 10.5. The molecule has 1 N–H and O–H groups in total. The zero-order valence-electron chi connectivity index (χ0n) is 16.7. The standard InChI is InChI=1S/C22H18ClN3O4S/c1-29-17-8-3-13(9-18(17)30-2)16-11-31-21-20(16)22(28)26(12-24-21)10-19(27)25-15-6-4-14(23)5-7-15/h3-9,11-12H,10H2,1-2H3,(H,25,27). The summed E-state index contributed by atoms with van der Waals surface area (Å²) in [5.74, 6) is 0.819. The monoisotopic (exact) mass is 455 g/mol. The van der Waals surface area contributed by atoms with E-state index in [2.05, 4.69) is 10.3 Å². The Kier molecular flexibility index (Phi) is 5.92. The van der Waals surface area contributed by atoms with Crippen LogP contribution in [-0.4, -0.2) is 29.7 Å². The van der Waals surface area contributed by atoms with Crippen LogP contribution in [0.25, 0.3) is 21.3 Å². The lowest BCUT2D eigenvalue weighted by Gasteiger charge is -2.10. The predicted octanol–water partition coefficient (Wildman–Crippen LogP) is 4.43. The van der Waals surface area contributed by atoms with E-state index in [1.807, 2.05) is 17.5 Å². The molecule has 4 rings (SSSR count). The highest BCUT2D eigenvalue weighted by Crippen LogP contribution is 2.36. The second-order valence-corrected chi connectivity index (χ2v) is 7.93. The van der Waals surface area contributed by atoms with Gasteiger partial charge in [-0.1, -0.05) is 17.7 Å². The Morgan fingerprint density at radius 1 is 1.13 bits per heavy atom. The zero-order valence-corrected chi connectivity index (χ0v) is 18.3. The molecular weight excluding hydrogens is 438 g/mol. The van der Waals surface area contributed by atoms with Gasteiger partial charge in [-0.3, -0.25) is 14.2 Å². The van der Waals surface area contributed by atoms with Crippen molar-refractivity contribution in [3.8, 4) is 22.6 Å². The number of methoxy groups -OCH3 is 2. The molecule has 0 aliphatic carbocycles. The number of aromatic nitrogens is 2. The highest BCUT2D eigenvalue weighted by Gasteiger charge is 2.16. The van der Waals surface area contributed by atoms with Crippen LogP contribution in [0.15, 0.2) is 59.0 Å². The highest BCUT2D eigenvalue weighted by atomic mass is 35.5. The number of benzene rings is 2. The van der Waals surface area contributed by atoms with Gasteiger partial charge in [-0.2, -0.15) is 0 Å². The van der Waals surface area contributed by atoms with Gasteiger partial charge in [0.25, 0.3) is 5.56 Å². The Morgan fingerprint density at radius 2 is 1.87 bits per heavy atom. The van der Waals surface area contributed by atoms with Crippen LogP contribution in [0.5, 0.6) is 11.5 Å². The summed E-state index contributed by atoms with van der Waals surface area (Å²) in [5.41, 5.74) is 1.83. The second kappa shape index (κ2) is 8.79. The van der Waals surface area contributed by atoms with E-state index in [4.69, 9.17) is 21.1 Å². The number of fused-ring (bicyclic) bond motifs is 1. The van der Waals surface area contributed by atoms with E-state index in [1.165, 1.54) is 22.2 Å². The van der Waals surface area contributed by atoms with Crippen LogP contribution in [0.2, 0.25) is 5.02 Å². The van der Waals surface area contributed by atoms with Crippen molar-refractivity contribution in [1.82, 2.24) is 9.55 Å². The minimum atomic E-state index is -0.339. The summed E-state index contributed by atoms with van der Waals surface area (Å²) in [6.45, 7) is -0.161. The van der Waals surface area contributed by atoms with Crippen molar-refractivity contribution in [2.24, 2.45) is 0 Å². The molecule has 0 unspecified atom stereocenters. The first-order chi connectivity index (χ1) is 15.0. The first kappa shape index (κ1) is 20.9. The van der Waals surface area contributed by atoms with Gasteiger partial charge in [0.05, 0.1) is 25.9 Å². The number of nitrogens with zero attached hydrogens (tertiary/aromatic N) is 2. The Balaban J connectivity index is 1.67. The third-order valence-corrected chi connectivity index (χ3v) is 5.84. The fourth-order valence-corrected chi connectivity index (χ4v) is 4.22. The third-order valence-electron chi connectivity index (χ3n) is 4.70. The molecule has 0 spiro atoms. The largest absolute Gasteiger partial charge is 0.493 e. The number of carbonyl (C=O) groups excluding carboxylic acids is 1. The molecular formula is C22H18ClN3O4S. The van der Waals surface area contributed by atoms with Crippen molar-refractivity contribution in [3.05, 3.63) is 69.5 Å². The number of ether oxygens (including phenoxy) is 2. The van der Waals surface area contributed by atoms with Crippen LogP contribution < -0.4 is 20.3 Å². The van der Waals surface area contributed by atoms with Gasteiger partial charge >= 0.3 is 0 Å². The van der Waals surface area contributed by atoms with Crippen molar-refractivity contribution in [2.45, 2.75) is 6.54 Å². The minimum absolute atomic E-state index is 0.161. The van der Waals surface area contributed by atoms with Gasteiger partial charge in [0.2, 0.25) is 5.91 Å². The Labute approximate surface area is 186 Å². The van der Waals surface area contributed by atoms with Gasteiger partial charge in [0.1, 0.15) is 11.4 Å². The van der Waals surface area contributed by atoms with Crippen LogP contribution in [0.4, 0.5) is 5.69 Å². The molecule has 2 aromatic carbocycles. The summed E-state index contributed by atoms with van der Waals surface area (Å²) < 4.78 is 12.0. The van der Waals surface area contributed by atoms with Gasteiger partial charge < -0.3 is 14.8 Å². The van der Waals surface area contributed by atoms with E-state index in [0.717, 1.165) is 11.1 Å². The Hall–Kier alpha value is -3.36. The number of nitrogens with one attached hydrogen (secondary N) is 1. The number of rotatable bonds is 6. The average molecular weight is 456 g/mol. The molecule has 0 bridgehead atoms. The molecule has 0 saturated heterocycles. The number of halogens is 1. The maximum Gasteiger partial charge on any atom is 0.263 e. The number of thiophene rings is 1. The van der Waals surface area contributed by atoms with Crippen LogP contribution in [0, 0.1) is 0 Å². The van der Waals surface area contributed by atoms with Crippen LogP contribution in [0.3, 0.4) is 0 Å². The Morgan fingerprint density at radius 3 is 2.58 bits per heavy atom. The van der Waals surface area contributed by atoms with Crippen LogP contribution >= 0.6 is 22.9 Å². The molecule has 31 heavy (non-hydrogen) atoms. The van der Waals surface area contributed by atoms with E-state index in [9.17, 15) is 9.59 Å². The summed E-state index contributed by atoms with van der Waals surface area (Å²) in [6, 6.07) is 12.2. The normalized spacial score (nSPS) is 10.8. The molecule has 0 radical (unpaired) electrons. The number of amides is 1. The minimum Gasteiger partial charge on any atom is -0.493 e. The molecule has 158 valence electrons. The topological polar surface area (TPSA) is 82.5 Å². The third kappa shape index (κ3) is 4.26. The smallest absolute Gasteiger partial charge is 0.263 e. The number of anilines is 1. The molecule has 0 aliphatic heterocycles. The Bertz CT molecular complexity index is 1310. The molecule has 0 fully saturated rings. The molecule has 1 amide bonds. The van der Waals surface area contributed by atoms with Crippen LogP contribution in [0.1, 0.15) is 0 Å². The molecule has 7 nitrogen and oxygen atoms in total. The van der Waals surface area contributed by atoms with Crippen molar-refractivity contribution in [1.29, 1.82) is 0 Å². The molecule has 0 saturated carbocycles. The number of carbonyl (C=O) groups is 1. The maximum atomic E-state index is 13.2. The molecule has 4 aromatic rings. The molecule has 2 heterocycles. The number of hydrogen-bond donors (Lipinski definition) is 1. The lowest BCUT2D eigenvalue weighted by Crippen LogP contribution is -2.27. The molecule has 9 heteroatoms. The van der Waals surface area contributed by atoms with E-state index in [-0.39, 0.29) is 18.0 Å². The molecule has 0 atom stereocenters. The summed E-state index contributed by atoms with van der Waals surface area (Å²) in [4.78, 5) is 30.6. The van der Waals surface area contributed by atoms with E-state index in [0.29, 0.717) is 32.4 Å². The SMILES string of the molecule is COc1ccc(-c2csc3ncn(CC(=O)Nc4ccc(Cl)cc4)c(=O)c23)cc1OC. The molecule has 2 aromatic heterocycles. The predicted molar refractivity (Wildman–Crippen MR) is 123 cm³/mol. The van der Waals surface area contributed by atoms with Crippen LogP contribution in [-0.2, 0) is 11.3 Å². The van der Waals surface area contributed by atoms with Gasteiger partial charge in [-0.25, -0.2) is 4.98 Å². The van der Waals surface area contributed by atoms with Crippen molar-refractivity contribution in [2.75, 3.05) is 19.5 Å². The average Bonchev–Trinajstić information content (AvgIpc) is 3.21. The van der Waals surface area contributed by atoms with E-state index >= 15 is 0 Å². The summed E-state index contributed by atoms with van der Waals surface area (Å²) in [5, 5.41) is 5.65. The zero-order chi connectivity index (χ0) is 22.0. The fraction of sp³-hybridized carbons (Fsp3) is 0.136. The van der Waals surface area contributed by atoms with Crippen molar-refractivity contribution in [3.63, 3.8) is 0 Å². The lowest BCUT2D eigenvalue weighted by molar-refractivity contribution is -0.116. The molecule has 0 aliphatic rings. The lowest BCUT2D eigenvalue weighted by atomic mass is 10.1. The summed E-state index contributed by atoms with van der Waals surface area (Å²) >= 11 is 7.23. The second-order valence-electron chi connectivity index (χ2n) is 6.63. The van der Waals surface area contributed by atoms with Crippen molar-refractivity contribution < 1.29 is 14.3 Å². The van der Waals surface area contributed by atoms with Gasteiger partial charge in [-0.05, 0) is 42.0 Å².